The first-order valence-corrected chi connectivity index (χ1v) is 5.36. The zero-order valence-electron chi connectivity index (χ0n) is 8.87. The monoisotopic (exact) mass is 209 g/mol. The summed E-state index contributed by atoms with van der Waals surface area (Å²) in [6.07, 6.45) is 1.24. The molecule has 1 aliphatic rings. The maximum atomic E-state index is 13.3. The molecule has 1 aromatic carbocycles. The molecule has 1 heterocycles. The van der Waals surface area contributed by atoms with Gasteiger partial charge in [-0.2, -0.15) is 0 Å². The Balaban J connectivity index is 1.90. The standard InChI is InChI=1S/C12H16FNO/c1-9-12(6-7-15-9)14-8-10-4-2-3-5-11(10)13/h2-5,9,12,14H,6-8H2,1H3/t9-,12-/m1/s1. The van der Waals surface area contributed by atoms with Gasteiger partial charge in [0, 0.05) is 24.8 Å². The Morgan fingerprint density at radius 2 is 2.27 bits per heavy atom. The van der Waals surface area contributed by atoms with Gasteiger partial charge in [0.1, 0.15) is 5.82 Å². The van der Waals surface area contributed by atoms with E-state index in [0.717, 1.165) is 18.6 Å². The van der Waals surface area contributed by atoms with Crippen LogP contribution in [-0.2, 0) is 11.3 Å². The zero-order valence-corrected chi connectivity index (χ0v) is 8.87. The molecule has 0 unspecified atom stereocenters. The van der Waals surface area contributed by atoms with E-state index in [-0.39, 0.29) is 11.9 Å². The van der Waals surface area contributed by atoms with Crippen molar-refractivity contribution < 1.29 is 9.13 Å². The van der Waals surface area contributed by atoms with Crippen molar-refractivity contribution in [3.63, 3.8) is 0 Å². The lowest BCUT2D eigenvalue weighted by atomic mass is 10.1. The largest absolute Gasteiger partial charge is 0.377 e. The van der Waals surface area contributed by atoms with Gasteiger partial charge in [0.05, 0.1) is 6.10 Å². The molecule has 2 nitrogen and oxygen atoms in total. The molecule has 0 aromatic heterocycles. The lowest BCUT2D eigenvalue weighted by Crippen LogP contribution is -2.34. The predicted octanol–water partition coefficient (Wildman–Crippen LogP) is 2.09. The van der Waals surface area contributed by atoms with Gasteiger partial charge < -0.3 is 10.1 Å². The molecule has 82 valence electrons. The Morgan fingerprint density at radius 1 is 1.47 bits per heavy atom. The van der Waals surface area contributed by atoms with Gasteiger partial charge in [-0.1, -0.05) is 18.2 Å². The number of ether oxygens (including phenoxy) is 1. The molecule has 0 spiro atoms. The maximum Gasteiger partial charge on any atom is 0.127 e. The van der Waals surface area contributed by atoms with Crippen LogP contribution >= 0.6 is 0 Å². The van der Waals surface area contributed by atoms with Crippen molar-refractivity contribution in [1.82, 2.24) is 5.32 Å². The molecular formula is C12H16FNO. The Hall–Kier alpha value is -0.930. The van der Waals surface area contributed by atoms with E-state index < -0.39 is 0 Å². The first kappa shape index (κ1) is 10.6. The van der Waals surface area contributed by atoms with Crippen molar-refractivity contribution in [2.45, 2.75) is 32.0 Å². The first-order chi connectivity index (χ1) is 7.27. The molecule has 0 bridgehead atoms. The highest BCUT2D eigenvalue weighted by Gasteiger charge is 2.23. The van der Waals surface area contributed by atoms with Crippen LogP contribution in [0.15, 0.2) is 24.3 Å². The minimum Gasteiger partial charge on any atom is -0.377 e. The quantitative estimate of drug-likeness (QED) is 0.823. The summed E-state index contributed by atoms with van der Waals surface area (Å²) < 4.78 is 18.7. The van der Waals surface area contributed by atoms with Crippen molar-refractivity contribution in [2.75, 3.05) is 6.61 Å². The molecule has 1 N–H and O–H groups in total. The molecule has 1 aliphatic heterocycles. The van der Waals surface area contributed by atoms with Crippen LogP contribution in [0.25, 0.3) is 0 Å². The van der Waals surface area contributed by atoms with Crippen molar-refractivity contribution in [2.24, 2.45) is 0 Å². The molecule has 0 saturated carbocycles. The van der Waals surface area contributed by atoms with Crippen LogP contribution in [0.5, 0.6) is 0 Å². The van der Waals surface area contributed by atoms with Gasteiger partial charge in [-0.15, -0.1) is 0 Å². The van der Waals surface area contributed by atoms with E-state index in [9.17, 15) is 4.39 Å². The normalized spacial score (nSPS) is 25.7. The van der Waals surface area contributed by atoms with Crippen molar-refractivity contribution in [1.29, 1.82) is 0 Å². The third-order valence-electron chi connectivity index (χ3n) is 2.89. The maximum absolute atomic E-state index is 13.3. The van der Waals surface area contributed by atoms with E-state index >= 15 is 0 Å². The van der Waals surface area contributed by atoms with Crippen LogP contribution in [0.1, 0.15) is 18.9 Å². The molecule has 2 rings (SSSR count). The van der Waals surface area contributed by atoms with E-state index in [1.165, 1.54) is 6.07 Å². The van der Waals surface area contributed by atoms with Crippen molar-refractivity contribution in [3.8, 4) is 0 Å². The first-order valence-electron chi connectivity index (χ1n) is 5.36. The third kappa shape index (κ3) is 2.55. The number of rotatable bonds is 3. The minimum atomic E-state index is -0.142. The smallest absolute Gasteiger partial charge is 0.127 e. The Labute approximate surface area is 89.4 Å². The fourth-order valence-corrected chi connectivity index (χ4v) is 1.88. The summed E-state index contributed by atoms with van der Waals surface area (Å²) in [5, 5.41) is 3.32. The summed E-state index contributed by atoms with van der Waals surface area (Å²) in [6.45, 7) is 3.42. The fraction of sp³-hybridized carbons (Fsp3) is 0.500. The van der Waals surface area contributed by atoms with Crippen LogP contribution < -0.4 is 5.32 Å². The number of benzene rings is 1. The lowest BCUT2D eigenvalue weighted by molar-refractivity contribution is 0.113. The van der Waals surface area contributed by atoms with E-state index in [4.69, 9.17) is 4.74 Å². The Bertz CT molecular complexity index is 329. The van der Waals surface area contributed by atoms with Gasteiger partial charge in [-0.3, -0.25) is 0 Å². The van der Waals surface area contributed by atoms with Gasteiger partial charge in [0.15, 0.2) is 0 Å². The van der Waals surface area contributed by atoms with Crippen molar-refractivity contribution >= 4 is 0 Å². The van der Waals surface area contributed by atoms with Crippen LogP contribution in [0, 0.1) is 5.82 Å². The topological polar surface area (TPSA) is 21.3 Å². The van der Waals surface area contributed by atoms with E-state index in [2.05, 4.69) is 5.32 Å². The van der Waals surface area contributed by atoms with Crippen LogP contribution in [-0.4, -0.2) is 18.8 Å². The second-order valence-corrected chi connectivity index (χ2v) is 3.94. The number of halogens is 1. The zero-order chi connectivity index (χ0) is 10.7. The predicted molar refractivity (Wildman–Crippen MR) is 57.1 cm³/mol. The fourth-order valence-electron chi connectivity index (χ4n) is 1.88. The summed E-state index contributed by atoms with van der Waals surface area (Å²) in [5.41, 5.74) is 0.719. The third-order valence-corrected chi connectivity index (χ3v) is 2.89. The van der Waals surface area contributed by atoms with Gasteiger partial charge in [0.2, 0.25) is 0 Å². The van der Waals surface area contributed by atoms with E-state index in [1.54, 1.807) is 6.07 Å². The molecule has 0 aliphatic carbocycles. The van der Waals surface area contributed by atoms with E-state index in [1.807, 2.05) is 19.1 Å². The molecule has 1 aromatic rings. The molecule has 15 heavy (non-hydrogen) atoms. The molecule has 0 radical (unpaired) electrons. The minimum absolute atomic E-state index is 0.142. The number of nitrogens with one attached hydrogen (secondary N) is 1. The second-order valence-electron chi connectivity index (χ2n) is 3.94. The van der Waals surface area contributed by atoms with Crippen LogP contribution in [0.2, 0.25) is 0 Å². The summed E-state index contributed by atoms with van der Waals surface area (Å²) in [5.74, 6) is -0.142. The SMILES string of the molecule is C[C@H]1OCC[C@H]1NCc1ccccc1F. The lowest BCUT2D eigenvalue weighted by Gasteiger charge is -2.16. The summed E-state index contributed by atoms with van der Waals surface area (Å²) in [4.78, 5) is 0. The summed E-state index contributed by atoms with van der Waals surface area (Å²) >= 11 is 0. The van der Waals surface area contributed by atoms with Gasteiger partial charge in [-0.05, 0) is 19.4 Å². The molecule has 1 fully saturated rings. The van der Waals surface area contributed by atoms with Gasteiger partial charge in [-0.25, -0.2) is 4.39 Å². The highest BCUT2D eigenvalue weighted by atomic mass is 19.1. The molecule has 1 saturated heterocycles. The highest BCUT2D eigenvalue weighted by molar-refractivity contribution is 5.17. The Kier molecular flexibility index (Phi) is 3.34. The summed E-state index contributed by atoms with van der Waals surface area (Å²) in [7, 11) is 0. The van der Waals surface area contributed by atoms with Crippen LogP contribution in [0.3, 0.4) is 0 Å². The number of hydrogen-bond acceptors (Lipinski definition) is 2. The average Bonchev–Trinajstić information content (AvgIpc) is 2.63. The van der Waals surface area contributed by atoms with Crippen LogP contribution in [0.4, 0.5) is 4.39 Å². The van der Waals surface area contributed by atoms with Crippen molar-refractivity contribution in [3.05, 3.63) is 35.6 Å². The molecule has 0 amide bonds. The second kappa shape index (κ2) is 4.73. The van der Waals surface area contributed by atoms with E-state index in [0.29, 0.717) is 12.6 Å². The molecule has 3 heteroatoms. The summed E-state index contributed by atoms with van der Waals surface area (Å²) in [6, 6.07) is 7.22. The molecular weight excluding hydrogens is 193 g/mol. The average molecular weight is 209 g/mol. The van der Waals surface area contributed by atoms with Gasteiger partial charge in [0.25, 0.3) is 0 Å². The number of hydrogen-bond donors (Lipinski definition) is 1. The molecule has 2 atom stereocenters. The Morgan fingerprint density at radius 3 is 2.93 bits per heavy atom. The highest BCUT2D eigenvalue weighted by Crippen LogP contribution is 2.14. The van der Waals surface area contributed by atoms with Gasteiger partial charge >= 0.3 is 0 Å².